The molecule has 7 heteroatoms. The number of allylic oxidation sites excluding steroid dienone is 1. The first-order chi connectivity index (χ1) is 14.3. The summed E-state index contributed by atoms with van der Waals surface area (Å²) in [5.74, 6) is 1.42. The Bertz CT molecular complexity index is 1040. The molecule has 7 nitrogen and oxygen atoms in total. The molecule has 2 atom stereocenters. The summed E-state index contributed by atoms with van der Waals surface area (Å²) in [6.45, 7) is 6.80. The fourth-order valence-corrected chi connectivity index (χ4v) is 4.47. The molecule has 0 spiro atoms. The van der Waals surface area contributed by atoms with E-state index in [1.165, 1.54) is 30.7 Å². The van der Waals surface area contributed by atoms with Crippen molar-refractivity contribution in [1.82, 2.24) is 4.90 Å². The Labute approximate surface area is 174 Å². The summed E-state index contributed by atoms with van der Waals surface area (Å²) >= 11 is 0. The van der Waals surface area contributed by atoms with Crippen LogP contribution in [0.4, 0.5) is 5.69 Å². The normalized spacial score (nSPS) is 22.7. The Morgan fingerprint density at radius 3 is 2.67 bits per heavy atom. The highest BCUT2D eigenvalue weighted by Gasteiger charge is 2.32. The molecular weight excluding hydrogens is 384 g/mol. The Kier molecular flexibility index (Phi) is 5.30. The number of ketones is 1. The fraction of sp³-hybridized carbons (Fsp3) is 0.348. The number of carbonyl (C=O) groups excluding carboxylic acids is 1. The number of hydrogen-bond acceptors (Lipinski definition) is 6. The standard InChI is InChI=1S/C23H24N2O5/c1-14-8-15(2)12-24(11-14)13-19-20(26)7-6-18-22(27)21(30-23(18)19)10-16-4-3-5-17(9-16)25(28)29/h3-7,9-10,14-15,26H,8,11-13H2,1-2H3/b21-10+. The molecular formula is C23H24N2O5. The summed E-state index contributed by atoms with van der Waals surface area (Å²) in [4.78, 5) is 25.7. The molecule has 2 aromatic rings. The van der Waals surface area contributed by atoms with Crippen LogP contribution in [0, 0.1) is 22.0 Å². The molecule has 2 unspecified atom stereocenters. The molecule has 0 aromatic heterocycles. The molecule has 2 aliphatic rings. The van der Waals surface area contributed by atoms with Crippen LogP contribution in [0.5, 0.6) is 11.5 Å². The van der Waals surface area contributed by atoms with Gasteiger partial charge in [-0.05, 0) is 42.0 Å². The molecule has 156 valence electrons. The van der Waals surface area contributed by atoms with Crippen molar-refractivity contribution < 1.29 is 19.6 Å². The van der Waals surface area contributed by atoms with E-state index in [2.05, 4.69) is 18.7 Å². The van der Waals surface area contributed by atoms with Gasteiger partial charge in [0, 0.05) is 31.8 Å². The molecule has 0 bridgehead atoms. The largest absolute Gasteiger partial charge is 0.507 e. The van der Waals surface area contributed by atoms with Gasteiger partial charge < -0.3 is 9.84 Å². The number of hydrogen-bond donors (Lipinski definition) is 1. The number of nitro groups is 1. The summed E-state index contributed by atoms with van der Waals surface area (Å²) in [6, 6.07) is 9.11. The number of rotatable bonds is 4. The highest BCUT2D eigenvalue weighted by Crippen LogP contribution is 2.40. The number of piperidine rings is 1. The number of nitro benzene ring substituents is 1. The zero-order valence-electron chi connectivity index (χ0n) is 17.0. The van der Waals surface area contributed by atoms with E-state index in [-0.39, 0.29) is 23.0 Å². The van der Waals surface area contributed by atoms with Crippen molar-refractivity contribution in [3.05, 3.63) is 69.0 Å². The van der Waals surface area contributed by atoms with Crippen molar-refractivity contribution in [3.8, 4) is 11.5 Å². The second kappa shape index (κ2) is 7.91. The van der Waals surface area contributed by atoms with E-state index >= 15 is 0 Å². The van der Waals surface area contributed by atoms with Crippen molar-refractivity contribution in [2.24, 2.45) is 11.8 Å². The van der Waals surface area contributed by atoms with Crippen molar-refractivity contribution in [3.63, 3.8) is 0 Å². The van der Waals surface area contributed by atoms with E-state index in [0.29, 0.717) is 40.8 Å². The van der Waals surface area contributed by atoms with E-state index in [1.54, 1.807) is 18.2 Å². The first kappa shape index (κ1) is 20.1. The van der Waals surface area contributed by atoms with Crippen molar-refractivity contribution in [2.45, 2.75) is 26.8 Å². The van der Waals surface area contributed by atoms with E-state index in [9.17, 15) is 20.0 Å². The molecule has 0 radical (unpaired) electrons. The number of ether oxygens (including phenoxy) is 1. The van der Waals surface area contributed by atoms with Gasteiger partial charge in [0.05, 0.1) is 16.1 Å². The van der Waals surface area contributed by atoms with Crippen LogP contribution in [0.3, 0.4) is 0 Å². The topological polar surface area (TPSA) is 92.9 Å². The first-order valence-corrected chi connectivity index (χ1v) is 10.1. The van der Waals surface area contributed by atoms with Crippen molar-refractivity contribution >= 4 is 17.5 Å². The van der Waals surface area contributed by atoms with Crippen LogP contribution < -0.4 is 4.74 Å². The van der Waals surface area contributed by atoms with Crippen LogP contribution in [0.2, 0.25) is 0 Å². The Morgan fingerprint density at radius 2 is 1.97 bits per heavy atom. The maximum absolute atomic E-state index is 12.9. The van der Waals surface area contributed by atoms with Gasteiger partial charge in [-0.3, -0.25) is 19.8 Å². The minimum absolute atomic E-state index is 0.0565. The Balaban J connectivity index is 1.64. The third-order valence-corrected chi connectivity index (χ3v) is 5.62. The number of phenols is 1. The predicted molar refractivity (Wildman–Crippen MR) is 112 cm³/mol. The fourth-order valence-electron chi connectivity index (χ4n) is 4.47. The van der Waals surface area contributed by atoms with Crippen LogP contribution in [-0.2, 0) is 6.54 Å². The molecule has 0 saturated carbocycles. The maximum atomic E-state index is 12.9. The lowest BCUT2D eigenvalue weighted by Crippen LogP contribution is -2.38. The minimum Gasteiger partial charge on any atom is -0.507 e. The van der Waals surface area contributed by atoms with E-state index in [1.807, 2.05) is 0 Å². The van der Waals surface area contributed by atoms with Gasteiger partial charge in [-0.15, -0.1) is 0 Å². The minimum atomic E-state index is -0.481. The van der Waals surface area contributed by atoms with Gasteiger partial charge in [-0.1, -0.05) is 26.0 Å². The molecule has 0 aliphatic carbocycles. The molecule has 2 aliphatic heterocycles. The number of aromatic hydroxyl groups is 1. The van der Waals surface area contributed by atoms with E-state index in [0.717, 1.165) is 13.1 Å². The number of phenolic OH excluding ortho intramolecular Hbond substituents is 1. The number of likely N-dealkylation sites (tertiary alicyclic amines) is 1. The lowest BCUT2D eigenvalue weighted by molar-refractivity contribution is -0.384. The number of non-ortho nitro benzene ring substituents is 1. The Morgan fingerprint density at radius 1 is 1.23 bits per heavy atom. The van der Waals surface area contributed by atoms with Gasteiger partial charge in [-0.25, -0.2) is 0 Å². The number of carbonyl (C=O) groups is 1. The second-order valence-electron chi connectivity index (χ2n) is 8.37. The van der Waals surface area contributed by atoms with Crippen LogP contribution in [-0.4, -0.2) is 33.8 Å². The molecule has 1 saturated heterocycles. The third kappa shape index (κ3) is 3.93. The summed E-state index contributed by atoms with van der Waals surface area (Å²) < 4.78 is 5.89. The van der Waals surface area contributed by atoms with Crippen molar-refractivity contribution in [1.29, 1.82) is 0 Å². The second-order valence-corrected chi connectivity index (χ2v) is 8.37. The van der Waals surface area contributed by atoms with Gasteiger partial charge in [-0.2, -0.15) is 0 Å². The third-order valence-electron chi connectivity index (χ3n) is 5.62. The number of benzene rings is 2. The van der Waals surface area contributed by atoms with Gasteiger partial charge >= 0.3 is 0 Å². The molecule has 0 amide bonds. The predicted octanol–water partition coefficient (Wildman–Crippen LogP) is 4.39. The van der Waals surface area contributed by atoms with E-state index in [4.69, 9.17) is 4.74 Å². The van der Waals surface area contributed by atoms with Crippen LogP contribution in [0.1, 0.15) is 41.8 Å². The smallest absolute Gasteiger partial charge is 0.270 e. The van der Waals surface area contributed by atoms with Crippen LogP contribution in [0.15, 0.2) is 42.2 Å². The van der Waals surface area contributed by atoms with Gasteiger partial charge in [0.15, 0.2) is 5.76 Å². The van der Waals surface area contributed by atoms with Gasteiger partial charge in [0.25, 0.3) is 5.69 Å². The molecule has 1 N–H and O–H groups in total. The molecule has 4 rings (SSSR count). The van der Waals surface area contributed by atoms with Gasteiger partial charge in [0.1, 0.15) is 11.5 Å². The Hall–Kier alpha value is -3.19. The molecule has 30 heavy (non-hydrogen) atoms. The maximum Gasteiger partial charge on any atom is 0.270 e. The average molecular weight is 408 g/mol. The molecule has 2 aromatic carbocycles. The summed E-state index contributed by atoms with van der Waals surface area (Å²) in [7, 11) is 0. The molecule has 2 heterocycles. The summed E-state index contributed by atoms with van der Waals surface area (Å²) in [5.41, 5.74) is 1.45. The van der Waals surface area contributed by atoms with Crippen molar-refractivity contribution in [2.75, 3.05) is 13.1 Å². The lowest BCUT2D eigenvalue weighted by Gasteiger charge is -2.35. The first-order valence-electron chi connectivity index (χ1n) is 10.1. The SMILES string of the molecule is CC1CC(C)CN(Cc2c(O)ccc3c2O/C(=C/c2cccc([N+](=O)[O-])c2)C3=O)C1. The average Bonchev–Trinajstić information content (AvgIpc) is 2.99. The number of nitrogens with zero attached hydrogens (tertiary/aromatic N) is 2. The highest BCUT2D eigenvalue weighted by atomic mass is 16.6. The lowest BCUT2D eigenvalue weighted by atomic mass is 9.91. The van der Waals surface area contributed by atoms with E-state index < -0.39 is 4.92 Å². The number of Topliss-reactive ketones (excluding diaryl/α,β-unsaturated/α-hetero) is 1. The molecule has 1 fully saturated rings. The van der Waals surface area contributed by atoms with Gasteiger partial charge in [0.2, 0.25) is 5.78 Å². The quantitative estimate of drug-likeness (QED) is 0.458. The number of fused-ring (bicyclic) bond motifs is 1. The van der Waals surface area contributed by atoms with Crippen LogP contribution in [0.25, 0.3) is 6.08 Å². The highest BCUT2D eigenvalue weighted by molar-refractivity contribution is 6.15. The summed E-state index contributed by atoms with van der Waals surface area (Å²) in [6.07, 6.45) is 2.68. The van der Waals surface area contributed by atoms with Crippen LogP contribution >= 0.6 is 0 Å². The summed E-state index contributed by atoms with van der Waals surface area (Å²) in [5, 5.41) is 21.5. The zero-order valence-corrected chi connectivity index (χ0v) is 17.0. The monoisotopic (exact) mass is 408 g/mol. The zero-order chi connectivity index (χ0) is 21.4.